The molecule has 4 atom stereocenters. The fourth-order valence-electron chi connectivity index (χ4n) is 4.81. The molecular formula is C22H22O8. The van der Waals surface area contributed by atoms with E-state index in [9.17, 15) is 9.90 Å². The van der Waals surface area contributed by atoms with E-state index in [0.29, 0.717) is 34.3 Å². The highest BCUT2D eigenvalue weighted by Gasteiger charge is 2.52. The van der Waals surface area contributed by atoms with Gasteiger partial charge in [0, 0.05) is 11.8 Å². The molecule has 2 unspecified atom stereocenters. The highest BCUT2D eigenvalue weighted by atomic mass is 16.7. The van der Waals surface area contributed by atoms with Crippen molar-refractivity contribution in [3.8, 4) is 28.7 Å². The molecule has 2 heterocycles. The standard InChI is InChI=1S/C22H22O8/c1-25-16-4-10(5-17(26-2)21(16)27-3)18-11-6-14-15(30-9-29-14)7-12(11)20(23)13-8-28-22(24)19(13)18/h4-7,13,18-20,23H,8-9H2,1-3H3/t13-,18?,19-,20?/m0/s1. The Kier molecular flexibility index (Phi) is 4.39. The van der Waals surface area contributed by atoms with Gasteiger partial charge in [0.1, 0.15) is 0 Å². The third-order valence-corrected chi connectivity index (χ3v) is 6.19. The minimum absolute atomic E-state index is 0.123. The lowest BCUT2D eigenvalue weighted by Gasteiger charge is -2.37. The van der Waals surface area contributed by atoms with Gasteiger partial charge in [0.2, 0.25) is 12.5 Å². The SMILES string of the molecule is COc1cc(C2c3cc4c(cc3C(O)[C@H]3COC(=O)[C@H]23)OCO4)cc(OC)c1OC. The highest BCUT2D eigenvalue weighted by Crippen LogP contribution is 2.55. The van der Waals surface area contributed by atoms with Crippen molar-refractivity contribution in [2.24, 2.45) is 11.8 Å². The topological polar surface area (TPSA) is 92.7 Å². The van der Waals surface area contributed by atoms with E-state index in [1.807, 2.05) is 18.2 Å². The molecule has 1 fully saturated rings. The zero-order valence-corrected chi connectivity index (χ0v) is 16.8. The van der Waals surface area contributed by atoms with E-state index in [2.05, 4.69) is 0 Å². The molecule has 0 amide bonds. The van der Waals surface area contributed by atoms with Crippen molar-refractivity contribution < 1.29 is 38.3 Å². The van der Waals surface area contributed by atoms with Gasteiger partial charge in [-0.3, -0.25) is 4.79 Å². The average molecular weight is 414 g/mol. The molecule has 30 heavy (non-hydrogen) atoms. The predicted octanol–water partition coefficient (Wildman–Crippen LogP) is 2.41. The maximum Gasteiger partial charge on any atom is 0.310 e. The third kappa shape index (κ3) is 2.60. The van der Waals surface area contributed by atoms with Gasteiger partial charge in [0.15, 0.2) is 23.0 Å². The van der Waals surface area contributed by atoms with Crippen LogP contribution >= 0.6 is 0 Å². The van der Waals surface area contributed by atoms with Crippen LogP contribution in [0.1, 0.15) is 28.7 Å². The summed E-state index contributed by atoms with van der Waals surface area (Å²) in [4.78, 5) is 12.7. The van der Waals surface area contributed by atoms with Crippen molar-refractivity contribution in [3.05, 3.63) is 41.0 Å². The Morgan fingerprint density at radius 3 is 2.13 bits per heavy atom. The summed E-state index contributed by atoms with van der Waals surface area (Å²) in [6.07, 6.45) is -0.843. The maximum atomic E-state index is 12.7. The summed E-state index contributed by atoms with van der Waals surface area (Å²) in [7, 11) is 4.63. The number of rotatable bonds is 4. The molecule has 2 aliphatic heterocycles. The molecule has 0 aromatic heterocycles. The normalized spacial score (nSPS) is 25.9. The van der Waals surface area contributed by atoms with Crippen molar-refractivity contribution in [2.75, 3.05) is 34.7 Å². The number of esters is 1. The van der Waals surface area contributed by atoms with Gasteiger partial charge in [-0.05, 0) is 41.0 Å². The van der Waals surface area contributed by atoms with Crippen LogP contribution in [0.25, 0.3) is 0 Å². The molecule has 0 bridgehead atoms. The summed E-state index contributed by atoms with van der Waals surface area (Å²) in [5, 5.41) is 11.0. The monoisotopic (exact) mass is 414 g/mol. The van der Waals surface area contributed by atoms with Gasteiger partial charge in [-0.2, -0.15) is 0 Å². The Morgan fingerprint density at radius 2 is 1.53 bits per heavy atom. The Hall–Kier alpha value is -3.13. The van der Waals surface area contributed by atoms with Crippen molar-refractivity contribution in [1.82, 2.24) is 0 Å². The number of aliphatic hydroxyl groups is 1. The first-order chi connectivity index (χ1) is 14.6. The lowest BCUT2D eigenvalue weighted by molar-refractivity contribution is -0.141. The Bertz CT molecular complexity index is 991. The molecule has 1 aliphatic carbocycles. The lowest BCUT2D eigenvalue weighted by atomic mass is 9.66. The zero-order valence-electron chi connectivity index (χ0n) is 16.8. The summed E-state index contributed by atoms with van der Waals surface area (Å²) in [5.41, 5.74) is 2.30. The van der Waals surface area contributed by atoms with Crippen LogP contribution in [0.5, 0.6) is 28.7 Å². The number of fused-ring (bicyclic) bond motifs is 3. The van der Waals surface area contributed by atoms with E-state index in [1.165, 1.54) is 7.11 Å². The van der Waals surface area contributed by atoms with Gasteiger partial charge in [0.25, 0.3) is 0 Å². The van der Waals surface area contributed by atoms with E-state index in [0.717, 1.165) is 11.1 Å². The van der Waals surface area contributed by atoms with Gasteiger partial charge in [-0.1, -0.05) is 0 Å². The summed E-state index contributed by atoms with van der Waals surface area (Å²) in [6, 6.07) is 7.31. The number of aliphatic hydroxyl groups excluding tert-OH is 1. The van der Waals surface area contributed by atoms with Crippen LogP contribution in [-0.2, 0) is 9.53 Å². The molecule has 8 nitrogen and oxygen atoms in total. The lowest BCUT2D eigenvalue weighted by Crippen LogP contribution is -2.34. The number of carbonyl (C=O) groups is 1. The van der Waals surface area contributed by atoms with Crippen molar-refractivity contribution in [2.45, 2.75) is 12.0 Å². The number of benzene rings is 2. The van der Waals surface area contributed by atoms with E-state index in [1.54, 1.807) is 20.3 Å². The van der Waals surface area contributed by atoms with Crippen LogP contribution in [0, 0.1) is 11.8 Å². The van der Waals surface area contributed by atoms with Crippen molar-refractivity contribution in [3.63, 3.8) is 0 Å². The molecule has 5 rings (SSSR count). The molecule has 2 aromatic carbocycles. The Balaban J connectivity index is 1.74. The van der Waals surface area contributed by atoms with Crippen LogP contribution in [-0.4, -0.2) is 45.8 Å². The summed E-state index contributed by atoms with van der Waals surface area (Å²) in [5.74, 6) is 0.989. The second-order valence-corrected chi connectivity index (χ2v) is 7.54. The van der Waals surface area contributed by atoms with Gasteiger partial charge in [-0.15, -0.1) is 0 Å². The minimum atomic E-state index is -0.843. The van der Waals surface area contributed by atoms with E-state index >= 15 is 0 Å². The first kappa shape index (κ1) is 18.9. The molecule has 8 heteroatoms. The first-order valence-corrected chi connectivity index (χ1v) is 9.65. The summed E-state index contributed by atoms with van der Waals surface area (Å²) in [6.45, 7) is 0.289. The number of hydrogen-bond acceptors (Lipinski definition) is 8. The smallest absolute Gasteiger partial charge is 0.310 e. The second kappa shape index (κ2) is 6.98. The Labute approximate surface area is 173 Å². The van der Waals surface area contributed by atoms with E-state index < -0.39 is 12.0 Å². The van der Waals surface area contributed by atoms with Crippen LogP contribution in [0.4, 0.5) is 0 Å². The molecule has 0 saturated carbocycles. The second-order valence-electron chi connectivity index (χ2n) is 7.54. The largest absolute Gasteiger partial charge is 0.493 e. The fraction of sp³-hybridized carbons (Fsp3) is 0.409. The fourth-order valence-corrected chi connectivity index (χ4v) is 4.81. The van der Waals surface area contributed by atoms with Gasteiger partial charge in [-0.25, -0.2) is 0 Å². The zero-order chi connectivity index (χ0) is 21.0. The molecule has 2 aromatic rings. The molecule has 0 radical (unpaired) electrons. The molecule has 3 aliphatic rings. The molecule has 1 N–H and O–H groups in total. The van der Waals surface area contributed by atoms with Gasteiger partial charge < -0.3 is 33.5 Å². The molecule has 158 valence electrons. The van der Waals surface area contributed by atoms with E-state index in [4.69, 9.17) is 28.4 Å². The molecule has 1 saturated heterocycles. The minimum Gasteiger partial charge on any atom is -0.493 e. The van der Waals surface area contributed by atoms with Crippen molar-refractivity contribution in [1.29, 1.82) is 0 Å². The third-order valence-electron chi connectivity index (χ3n) is 6.19. The predicted molar refractivity (Wildman–Crippen MR) is 103 cm³/mol. The first-order valence-electron chi connectivity index (χ1n) is 9.65. The summed E-state index contributed by atoms with van der Waals surface area (Å²) < 4.78 is 32.9. The Morgan fingerprint density at radius 1 is 0.900 bits per heavy atom. The highest BCUT2D eigenvalue weighted by molar-refractivity contribution is 5.79. The quantitative estimate of drug-likeness (QED) is 0.763. The molecule has 0 spiro atoms. The van der Waals surface area contributed by atoms with Crippen LogP contribution in [0.2, 0.25) is 0 Å². The van der Waals surface area contributed by atoms with E-state index in [-0.39, 0.29) is 31.2 Å². The average Bonchev–Trinajstić information content (AvgIpc) is 3.38. The van der Waals surface area contributed by atoms with Crippen LogP contribution in [0.3, 0.4) is 0 Å². The van der Waals surface area contributed by atoms with Gasteiger partial charge in [0.05, 0.1) is 40.0 Å². The number of methoxy groups -OCH3 is 3. The number of hydrogen-bond donors (Lipinski definition) is 1. The number of carbonyl (C=O) groups excluding carboxylic acids is 1. The maximum absolute atomic E-state index is 12.7. The molecular weight excluding hydrogens is 392 g/mol. The van der Waals surface area contributed by atoms with Crippen molar-refractivity contribution >= 4 is 5.97 Å². The number of cyclic esters (lactones) is 1. The van der Waals surface area contributed by atoms with Crippen LogP contribution < -0.4 is 23.7 Å². The summed E-state index contributed by atoms with van der Waals surface area (Å²) >= 11 is 0. The van der Waals surface area contributed by atoms with Crippen LogP contribution in [0.15, 0.2) is 24.3 Å². The number of ether oxygens (including phenoxy) is 6. The van der Waals surface area contributed by atoms with Gasteiger partial charge >= 0.3 is 5.97 Å².